The molecule has 9 nitrogen and oxygen atoms in total. The highest BCUT2D eigenvalue weighted by molar-refractivity contribution is 5.78. The predicted octanol–water partition coefficient (Wildman–Crippen LogP) is 1.13. The van der Waals surface area contributed by atoms with E-state index in [0.717, 1.165) is 63.8 Å². The summed E-state index contributed by atoms with van der Waals surface area (Å²) in [6.07, 6.45) is 6.19. The fourth-order valence-corrected chi connectivity index (χ4v) is 4.32. The summed E-state index contributed by atoms with van der Waals surface area (Å²) >= 11 is 0. The van der Waals surface area contributed by atoms with Crippen molar-refractivity contribution >= 4 is 11.9 Å². The fraction of sp³-hybridized carbons (Fsp3) is 0.810. The lowest BCUT2D eigenvalue weighted by molar-refractivity contribution is -0.132. The summed E-state index contributed by atoms with van der Waals surface area (Å²) in [5, 5.41) is 11.7. The molecule has 1 aromatic rings. The second kappa shape index (κ2) is 11.3. The molecule has 0 unspecified atom stereocenters. The van der Waals surface area contributed by atoms with Gasteiger partial charge in [0.05, 0.1) is 6.54 Å². The number of fused-ring (bicyclic) bond motifs is 1. The summed E-state index contributed by atoms with van der Waals surface area (Å²) in [6, 6.07) is -0.0254. The van der Waals surface area contributed by atoms with Crippen LogP contribution in [0.5, 0.6) is 0 Å². The Morgan fingerprint density at radius 2 is 1.80 bits per heavy atom. The van der Waals surface area contributed by atoms with E-state index in [4.69, 9.17) is 0 Å². The lowest BCUT2D eigenvalue weighted by Gasteiger charge is -2.25. The number of urea groups is 1. The van der Waals surface area contributed by atoms with Crippen molar-refractivity contribution in [3.8, 4) is 0 Å². The minimum Gasteiger partial charge on any atom is -0.342 e. The lowest BCUT2D eigenvalue weighted by Crippen LogP contribution is -2.44. The zero-order valence-electron chi connectivity index (χ0n) is 18.6. The average Bonchev–Trinajstić information content (AvgIpc) is 2.92. The molecular weight excluding hydrogens is 382 g/mol. The molecule has 1 aromatic heterocycles. The monoisotopic (exact) mass is 419 g/mol. The third-order valence-corrected chi connectivity index (χ3v) is 6.16. The van der Waals surface area contributed by atoms with Gasteiger partial charge in [0.2, 0.25) is 5.91 Å². The number of rotatable bonds is 7. The van der Waals surface area contributed by atoms with Gasteiger partial charge in [-0.15, -0.1) is 10.2 Å². The molecule has 3 heterocycles. The number of nitrogens with one attached hydrogen (secondary N) is 1. The van der Waals surface area contributed by atoms with Crippen LogP contribution in [0.15, 0.2) is 0 Å². The van der Waals surface area contributed by atoms with Crippen LogP contribution in [0.3, 0.4) is 0 Å². The van der Waals surface area contributed by atoms with Crippen molar-refractivity contribution in [2.75, 3.05) is 52.4 Å². The molecule has 0 spiro atoms. The maximum absolute atomic E-state index is 12.6. The van der Waals surface area contributed by atoms with Crippen LogP contribution in [0, 0.1) is 0 Å². The Labute approximate surface area is 179 Å². The third-order valence-electron chi connectivity index (χ3n) is 6.16. The number of hydrogen-bond donors (Lipinski definition) is 1. The molecule has 1 N–H and O–H groups in total. The van der Waals surface area contributed by atoms with Gasteiger partial charge in [0.15, 0.2) is 0 Å². The maximum atomic E-state index is 12.6. The smallest absolute Gasteiger partial charge is 0.317 e. The highest BCUT2D eigenvalue weighted by Crippen LogP contribution is 2.14. The molecular formula is C21H37N7O2. The van der Waals surface area contributed by atoms with Crippen molar-refractivity contribution in [1.29, 1.82) is 0 Å². The van der Waals surface area contributed by atoms with Crippen LogP contribution in [-0.2, 0) is 24.2 Å². The predicted molar refractivity (Wildman–Crippen MR) is 115 cm³/mol. The maximum Gasteiger partial charge on any atom is 0.317 e. The Balaban J connectivity index is 1.42. The Morgan fingerprint density at radius 1 is 0.967 bits per heavy atom. The van der Waals surface area contributed by atoms with Crippen LogP contribution in [0.4, 0.5) is 4.79 Å². The highest BCUT2D eigenvalue weighted by Gasteiger charge is 2.22. The van der Waals surface area contributed by atoms with Crippen LogP contribution < -0.4 is 5.32 Å². The van der Waals surface area contributed by atoms with E-state index >= 15 is 0 Å². The molecule has 9 heteroatoms. The van der Waals surface area contributed by atoms with Crippen LogP contribution in [0.2, 0.25) is 0 Å². The van der Waals surface area contributed by atoms with Crippen molar-refractivity contribution in [3.05, 3.63) is 11.6 Å². The summed E-state index contributed by atoms with van der Waals surface area (Å²) in [6.45, 7) is 10.5. The standard InChI is InChI=1S/C21H37N7O2/c1-3-26(4-2)20(29)17-25-12-8-13-27(16-15-25)21(30)22-11-10-19-24-23-18-9-6-5-7-14-28(18)19/h3-17H2,1-2H3,(H,22,30). The molecule has 168 valence electrons. The van der Waals surface area contributed by atoms with Crippen molar-refractivity contribution in [1.82, 2.24) is 34.8 Å². The second-order valence-corrected chi connectivity index (χ2v) is 8.16. The number of carbonyl (C=O) groups excluding carboxylic acids is 2. The number of hydrogen-bond acceptors (Lipinski definition) is 5. The zero-order valence-corrected chi connectivity index (χ0v) is 18.6. The first kappa shape index (κ1) is 22.5. The minimum atomic E-state index is -0.0254. The molecule has 0 aliphatic carbocycles. The van der Waals surface area contributed by atoms with E-state index in [9.17, 15) is 9.59 Å². The molecule has 0 radical (unpaired) electrons. The Kier molecular flexibility index (Phi) is 8.48. The largest absolute Gasteiger partial charge is 0.342 e. The van der Waals surface area contributed by atoms with Gasteiger partial charge in [-0.05, 0) is 33.1 Å². The normalized spacial score (nSPS) is 17.7. The zero-order chi connectivity index (χ0) is 21.3. The molecule has 3 amide bonds. The quantitative estimate of drug-likeness (QED) is 0.716. The van der Waals surface area contributed by atoms with Crippen LogP contribution in [-0.4, -0.2) is 93.8 Å². The summed E-state index contributed by atoms with van der Waals surface area (Å²) in [7, 11) is 0. The first-order valence-electron chi connectivity index (χ1n) is 11.6. The van der Waals surface area contributed by atoms with E-state index in [-0.39, 0.29) is 11.9 Å². The van der Waals surface area contributed by atoms with Crippen molar-refractivity contribution in [3.63, 3.8) is 0 Å². The SMILES string of the molecule is CCN(CC)C(=O)CN1CCCN(C(=O)NCCc2nnc3n2CCCCC3)CC1. The van der Waals surface area contributed by atoms with E-state index in [1.54, 1.807) is 0 Å². The van der Waals surface area contributed by atoms with Gasteiger partial charge in [-0.3, -0.25) is 9.69 Å². The molecule has 30 heavy (non-hydrogen) atoms. The number of likely N-dealkylation sites (N-methyl/N-ethyl adjacent to an activating group) is 1. The van der Waals surface area contributed by atoms with E-state index < -0.39 is 0 Å². The molecule has 3 rings (SSSR count). The van der Waals surface area contributed by atoms with Crippen LogP contribution in [0.1, 0.15) is 51.2 Å². The van der Waals surface area contributed by atoms with Gasteiger partial charge in [0.25, 0.3) is 0 Å². The summed E-state index contributed by atoms with van der Waals surface area (Å²) in [5.74, 6) is 2.23. The molecule has 1 fully saturated rings. The lowest BCUT2D eigenvalue weighted by atomic mass is 10.2. The molecule has 2 aliphatic heterocycles. The number of amides is 3. The van der Waals surface area contributed by atoms with Crippen LogP contribution in [0.25, 0.3) is 0 Å². The first-order chi connectivity index (χ1) is 14.6. The van der Waals surface area contributed by atoms with Crippen molar-refractivity contribution in [2.24, 2.45) is 0 Å². The number of carbonyl (C=O) groups is 2. The van der Waals surface area contributed by atoms with Crippen molar-refractivity contribution in [2.45, 2.75) is 58.9 Å². The van der Waals surface area contributed by atoms with Gasteiger partial charge in [0, 0.05) is 65.2 Å². The third kappa shape index (κ3) is 5.93. The van der Waals surface area contributed by atoms with Gasteiger partial charge < -0.3 is 19.7 Å². The molecule has 2 aliphatic rings. The minimum absolute atomic E-state index is 0.0254. The van der Waals surface area contributed by atoms with E-state index in [1.807, 2.05) is 23.6 Å². The van der Waals surface area contributed by atoms with Crippen LogP contribution >= 0.6 is 0 Å². The van der Waals surface area contributed by atoms with Gasteiger partial charge in [0.1, 0.15) is 11.6 Å². The molecule has 0 aromatic carbocycles. The molecule has 0 bridgehead atoms. The van der Waals surface area contributed by atoms with Gasteiger partial charge in [-0.25, -0.2) is 4.79 Å². The number of aromatic nitrogens is 3. The summed E-state index contributed by atoms with van der Waals surface area (Å²) in [4.78, 5) is 30.9. The van der Waals surface area contributed by atoms with Gasteiger partial charge >= 0.3 is 6.03 Å². The number of aryl methyl sites for hydroxylation is 1. The van der Waals surface area contributed by atoms with Gasteiger partial charge in [-0.1, -0.05) is 6.42 Å². The van der Waals surface area contributed by atoms with E-state index in [2.05, 4.69) is 25.0 Å². The second-order valence-electron chi connectivity index (χ2n) is 8.16. The summed E-state index contributed by atoms with van der Waals surface area (Å²) < 4.78 is 2.23. The Morgan fingerprint density at radius 3 is 2.60 bits per heavy atom. The van der Waals surface area contributed by atoms with E-state index in [0.29, 0.717) is 26.1 Å². The molecule has 0 saturated carbocycles. The van der Waals surface area contributed by atoms with Crippen molar-refractivity contribution < 1.29 is 9.59 Å². The Hall–Kier alpha value is -2.16. The highest BCUT2D eigenvalue weighted by atomic mass is 16.2. The first-order valence-corrected chi connectivity index (χ1v) is 11.6. The Bertz CT molecular complexity index is 702. The van der Waals surface area contributed by atoms with E-state index in [1.165, 1.54) is 19.3 Å². The van der Waals surface area contributed by atoms with Gasteiger partial charge in [-0.2, -0.15) is 0 Å². The molecule has 0 atom stereocenters. The average molecular weight is 420 g/mol. The topological polar surface area (TPSA) is 86.6 Å². The fourth-order valence-electron chi connectivity index (χ4n) is 4.32. The summed E-state index contributed by atoms with van der Waals surface area (Å²) in [5.41, 5.74) is 0. The number of nitrogens with zero attached hydrogens (tertiary/aromatic N) is 6. The molecule has 1 saturated heterocycles.